The van der Waals surface area contributed by atoms with Crippen LogP contribution in [0.15, 0.2) is 12.7 Å². The summed E-state index contributed by atoms with van der Waals surface area (Å²) in [5.74, 6) is 0. The van der Waals surface area contributed by atoms with Crippen molar-refractivity contribution in [1.29, 1.82) is 0 Å². The summed E-state index contributed by atoms with van der Waals surface area (Å²) < 4.78 is 9.49. The molecule has 0 bridgehead atoms. The van der Waals surface area contributed by atoms with E-state index < -0.39 is 14.2 Å². The van der Waals surface area contributed by atoms with Gasteiger partial charge in [0, 0.05) is 8.07 Å². The number of carbonyl (C=O) groups excluding carboxylic acids is 1. The Balaban J connectivity index is 3.42. The zero-order chi connectivity index (χ0) is 10.3. The van der Waals surface area contributed by atoms with Crippen molar-refractivity contribution < 1.29 is 14.3 Å². The Morgan fingerprint density at radius 3 is 2.46 bits per heavy atom. The van der Waals surface area contributed by atoms with Crippen molar-refractivity contribution in [2.75, 3.05) is 13.2 Å². The molecule has 0 saturated carbocycles. The van der Waals surface area contributed by atoms with Gasteiger partial charge in [-0.1, -0.05) is 32.3 Å². The maximum Gasteiger partial charge on any atom is 0.508 e. The Hall–Kier alpha value is -0.773. The molecule has 0 radical (unpaired) electrons. The van der Waals surface area contributed by atoms with Crippen LogP contribution in [0.1, 0.15) is 0 Å². The first kappa shape index (κ1) is 12.2. The van der Waals surface area contributed by atoms with Crippen molar-refractivity contribution in [3.63, 3.8) is 0 Å². The Morgan fingerprint density at radius 2 is 2.00 bits per heavy atom. The molecule has 0 aromatic rings. The van der Waals surface area contributed by atoms with Gasteiger partial charge in [0.05, 0.1) is 6.61 Å². The Kier molecular flexibility index (Phi) is 5.46. The smallest absolute Gasteiger partial charge is 0.435 e. The molecule has 76 valence electrons. The summed E-state index contributed by atoms with van der Waals surface area (Å²) in [5.41, 5.74) is 0. The predicted molar refractivity (Wildman–Crippen MR) is 55.7 cm³/mol. The van der Waals surface area contributed by atoms with E-state index >= 15 is 0 Å². The van der Waals surface area contributed by atoms with Gasteiger partial charge in [0.1, 0.15) is 6.61 Å². The lowest BCUT2D eigenvalue weighted by molar-refractivity contribution is 0.0671. The third kappa shape index (κ3) is 9.14. The zero-order valence-electron chi connectivity index (χ0n) is 8.63. The molecule has 0 saturated heterocycles. The lowest BCUT2D eigenvalue weighted by Gasteiger charge is -2.14. The molecule has 3 nitrogen and oxygen atoms in total. The minimum atomic E-state index is -1.11. The number of rotatable bonds is 5. The molecule has 0 N–H and O–H groups in total. The summed E-state index contributed by atoms with van der Waals surface area (Å²) in [6.07, 6.45) is 0.915. The lowest BCUT2D eigenvalue weighted by atomic mass is 10.7. The molecule has 0 heterocycles. The third-order valence-corrected chi connectivity index (χ3v) is 3.10. The first-order chi connectivity index (χ1) is 5.95. The van der Waals surface area contributed by atoms with Crippen LogP contribution < -0.4 is 0 Å². The van der Waals surface area contributed by atoms with Gasteiger partial charge in [0.25, 0.3) is 0 Å². The van der Waals surface area contributed by atoms with Crippen LogP contribution in [0, 0.1) is 0 Å². The molecule has 0 fully saturated rings. The van der Waals surface area contributed by atoms with E-state index in [9.17, 15) is 4.79 Å². The topological polar surface area (TPSA) is 35.5 Å². The molecule has 0 aliphatic rings. The summed E-state index contributed by atoms with van der Waals surface area (Å²) in [7, 11) is -1.11. The normalized spacial score (nSPS) is 10.7. The standard InChI is InChI=1S/C9H18O3Si/c1-5-6-11-9(10)12-7-8-13(2,3)4/h5H,1,6-8H2,2-4H3. The van der Waals surface area contributed by atoms with Gasteiger partial charge in [-0.15, -0.1) is 0 Å². The minimum absolute atomic E-state index is 0.214. The molecular weight excluding hydrogens is 184 g/mol. The summed E-state index contributed by atoms with van der Waals surface area (Å²) in [6, 6.07) is 0.968. The van der Waals surface area contributed by atoms with Crippen LogP contribution in [0.25, 0.3) is 0 Å². The molecule has 13 heavy (non-hydrogen) atoms. The van der Waals surface area contributed by atoms with Crippen LogP contribution >= 0.6 is 0 Å². The van der Waals surface area contributed by atoms with E-state index in [0.717, 1.165) is 6.04 Å². The van der Waals surface area contributed by atoms with E-state index in [1.54, 1.807) is 0 Å². The van der Waals surface area contributed by atoms with Crippen LogP contribution in [0.3, 0.4) is 0 Å². The number of ether oxygens (including phenoxy) is 2. The van der Waals surface area contributed by atoms with Gasteiger partial charge in [-0.3, -0.25) is 0 Å². The summed E-state index contributed by atoms with van der Waals surface area (Å²) in [5, 5.41) is 0. The van der Waals surface area contributed by atoms with Crippen LogP contribution in [-0.2, 0) is 9.47 Å². The summed E-state index contributed by atoms with van der Waals surface area (Å²) >= 11 is 0. The van der Waals surface area contributed by atoms with Crippen molar-refractivity contribution in [2.45, 2.75) is 25.7 Å². The van der Waals surface area contributed by atoms with Gasteiger partial charge in [0.15, 0.2) is 0 Å². The maximum absolute atomic E-state index is 10.8. The van der Waals surface area contributed by atoms with E-state index in [4.69, 9.17) is 4.74 Å². The van der Waals surface area contributed by atoms with Crippen molar-refractivity contribution in [3.8, 4) is 0 Å². The average Bonchev–Trinajstić information content (AvgIpc) is 1.98. The molecule has 0 rings (SSSR count). The highest BCUT2D eigenvalue weighted by molar-refractivity contribution is 6.76. The zero-order valence-corrected chi connectivity index (χ0v) is 9.63. The molecule has 4 heteroatoms. The minimum Gasteiger partial charge on any atom is -0.435 e. The molecule has 0 atom stereocenters. The highest BCUT2D eigenvalue weighted by atomic mass is 28.3. The molecule has 0 aromatic heterocycles. The molecule has 0 amide bonds. The lowest BCUT2D eigenvalue weighted by Crippen LogP contribution is -2.22. The van der Waals surface area contributed by atoms with E-state index in [1.165, 1.54) is 6.08 Å². The van der Waals surface area contributed by atoms with Gasteiger partial charge in [0.2, 0.25) is 0 Å². The molecular formula is C9H18O3Si. The second-order valence-electron chi connectivity index (χ2n) is 4.01. The molecule has 0 aliphatic heterocycles. The fourth-order valence-corrected chi connectivity index (χ4v) is 1.32. The molecule has 0 aliphatic carbocycles. The van der Waals surface area contributed by atoms with E-state index in [2.05, 4.69) is 31.0 Å². The Bertz CT molecular complexity index is 172. The summed E-state index contributed by atoms with van der Waals surface area (Å²) in [4.78, 5) is 10.8. The second kappa shape index (κ2) is 5.80. The average molecular weight is 202 g/mol. The Morgan fingerprint density at radius 1 is 1.38 bits per heavy atom. The van der Waals surface area contributed by atoms with Crippen molar-refractivity contribution in [1.82, 2.24) is 0 Å². The first-order valence-corrected chi connectivity index (χ1v) is 8.07. The van der Waals surface area contributed by atoms with Gasteiger partial charge < -0.3 is 9.47 Å². The number of hydrogen-bond acceptors (Lipinski definition) is 3. The quantitative estimate of drug-likeness (QED) is 0.390. The first-order valence-electron chi connectivity index (χ1n) is 4.36. The fraction of sp³-hybridized carbons (Fsp3) is 0.667. The van der Waals surface area contributed by atoms with Crippen molar-refractivity contribution in [3.05, 3.63) is 12.7 Å². The van der Waals surface area contributed by atoms with Gasteiger partial charge >= 0.3 is 6.16 Å². The highest BCUT2D eigenvalue weighted by Gasteiger charge is 2.13. The highest BCUT2D eigenvalue weighted by Crippen LogP contribution is 2.07. The largest absolute Gasteiger partial charge is 0.508 e. The van der Waals surface area contributed by atoms with E-state index in [-0.39, 0.29) is 6.61 Å². The number of carbonyl (C=O) groups is 1. The van der Waals surface area contributed by atoms with Crippen molar-refractivity contribution in [2.24, 2.45) is 0 Å². The molecule has 0 aromatic carbocycles. The molecule has 0 spiro atoms. The van der Waals surface area contributed by atoms with Crippen molar-refractivity contribution >= 4 is 14.2 Å². The van der Waals surface area contributed by atoms with Gasteiger partial charge in [-0.05, 0) is 6.04 Å². The van der Waals surface area contributed by atoms with Crippen LogP contribution in [-0.4, -0.2) is 27.4 Å². The van der Waals surface area contributed by atoms with Gasteiger partial charge in [-0.25, -0.2) is 4.79 Å². The summed E-state index contributed by atoms with van der Waals surface area (Å²) in [6.45, 7) is 10.8. The van der Waals surface area contributed by atoms with Gasteiger partial charge in [-0.2, -0.15) is 0 Å². The second-order valence-corrected chi connectivity index (χ2v) is 9.63. The number of hydrogen-bond donors (Lipinski definition) is 0. The predicted octanol–water partition coefficient (Wildman–Crippen LogP) is 2.66. The van der Waals surface area contributed by atoms with Crippen LogP contribution in [0.4, 0.5) is 4.79 Å². The fourth-order valence-electron chi connectivity index (χ4n) is 0.609. The Labute approximate surface area is 80.7 Å². The monoisotopic (exact) mass is 202 g/mol. The van der Waals surface area contributed by atoms with Crippen LogP contribution in [0.5, 0.6) is 0 Å². The third-order valence-electron chi connectivity index (χ3n) is 1.39. The maximum atomic E-state index is 10.8. The van der Waals surface area contributed by atoms with Crippen LogP contribution in [0.2, 0.25) is 25.7 Å². The molecule has 0 unspecified atom stereocenters. The SMILES string of the molecule is C=CCOC(=O)OCC[Si](C)(C)C. The van der Waals surface area contributed by atoms with E-state index in [0.29, 0.717) is 6.61 Å². The van der Waals surface area contributed by atoms with E-state index in [1.807, 2.05) is 0 Å².